The zero-order valence-corrected chi connectivity index (χ0v) is 15.2. The van der Waals surface area contributed by atoms with Gasteiger partial charge in [0.15, 0.2) is 0 Å². The van der Waals surface area contributed by atoms with Gasteiger partial charge in [0.2, 0.25) is 0 Å². The Morgan fingerprint density at radius 1 is 1.30 bits per heavy atom. The van der Waals surface area contributed by atoms with Gasteiger partial charge < -0.3 is 19.5 Å². The average molecular weight is 387 g/mol. The van der Waals surface area contributed by atoms with Crippen LogP contribution in [0.15, 0.2) is 36.4 Å². The van der Waals surface area contributed by atoms with Gasteiger partial charge in [-0.25, -0.2) is 0 Å². The predicted molar refractivity (Wildman–Crippen MR) is 96.3 cm³/mol. The number of anilines is 1. The van der Waals surface area contributed by atoms with Crippen LogP contribution in [0.4, 0.5) is 5.69 Å². The highest BCUT2D eigenvalue weighted by atomic mass is 35.5. The summed E-state index contributed by atoms with van der Waals surface area (Å²) in [6.45, 7) is 1.18. The van der Waals surface area contributed by atoms with Crippen molar-refractivity contribution in [2.75, 3.05) is 12.4 Å². The summed E-state index contributed by atoms with van der Waals surface area (Å²) >= 11 is 6.44. The molecule has 0 saturated heterocycles. The zero-order valence-electron chi connectivity index (χ0n) is 14.5. The summed E-state index contributed by atoms with van der Waals surface area (Å²) in [5, 5.41) is 12.2. The largest absolute Gasteiger partial charge is 0.495 e. The van der Waals surface area contributed by atoms with Crippen molar-refractivity contribution in [3.05, 3.63) is 58.1 Å². The maximum Gasteiger partial charge on any atom is 0.305 e. The Balaban J connectivity index is 2.18. The fourth-order valence-corrected chi connectivity index (χ4v) is 3.08. The molecular formula is C19H15ClN2O5. The van der Waals surface area contributed by atoms with Crippen molar-refractivity contribution in [2.24, 2.45) is 0 Å². The quantitative estimate of drug-likeness (QED) is 0.813. The van der Waals surface area contributed by atoms with Crippen molar-refractivity contribution in [3.63, 3.8) is 0 Å². The molecule has 0 saturated carbocycles. The lowest BCUT2D eigenvalue weighted by molar-refractivity contribution is -0.187. The fraction of sp³-hybridized carbons (Fsp3) is 0.211. The number of fused-ring (bicyclic) bond motifs is 1. The lowest BCUT2D eigenvalue weighted by Crippen LogP contribution is -2.33. The van der Waals surface area contributed by atoms with Crippen LogP contribution in [0.1, 0.15) is 29.7 Å². The molecule has 138 valence electrons. The number of esters is 1. The first kappa shape index (κ1) is 18.7. The number of hydrogen-bond acceptors (Lipinski definition) is 6. The molecule has 1 aliphatic rings. The zero-order chi connectivity index (χ0) is 19.6. The van der Waals surface area contributed by atoms with Crippen LogP contribution in [0.3, 0.4) is 0 Å². The molecule has 1 aliphatic heterocycles. The van der Waals surface area contributed by atoms with Crippen molar-refractivity contribution >= 4 is 29.2 Å². The van der Waals surface area contributed by atoms with E-state index in [2.05, 4.69) is 11.4 Å². The molecule has 3 rings (SSSR count). The second-order valence-electron chi connectivity index (χ2n) is 5.72. The molecule has 2 aromatic carbocycles. The highest BCUT2D eigenvalue weighted by Crippen LogP contribution is 2.41. The van der Waals surface area contributed by atoms with E-state index in [1.165, 1.54) is 14.0 Å². The lowest BCUT2D eigenvalue weighted by Gasteiger charge is -2.22. The van der Waals surface area contributed by atoms with Gasteiger partial charge >= 0.3 is 5.97 Å². The summed E-state index contributed by atoms with van der Waals surface area (Å²) in [7, 11) is 1.48. The third kappa shape index (κ3) is 3.72. The number of rotatable bonds is 3. The van der Waals surface area contributed by atoms with E-state index in [4.69, 9.17) is 25.8 Å². The lowest BCUT2D eigenvalue weighted by atomic mass is 9.97. The minimum Gasteiger partial charge on any atom is -0.495 e. The van der Waals surface area contributed by atoms with Gasteiger partial charge in [-0.1, -0.05) is 23.7 Å². The van der Waals surface area contributed by atoms with E-state index in [1.807, 2.05) is 0 Å². The van der Waals surface area contributed by atoms with Gasteiger partial charge in [0, 0.05) is 23.7 Å². The molecule has 27 heavy (non-hydrogen) atoms. The van der Waals surface area contributed by atoms with Crippen LogP contribution in [0.25, 0.3) is 0 Å². The number of halogens is 1. The van der Waals surface area contributed by atoms with Crippen LogP contribution >= 0.6 is 11.6 Å². The van der Waals surface area contributed by atoms with Crippen LogP contribution in [-0.2, 0) is 19.1 Å². The van der Waals surface area contributed by atoms with Gasteiger partial charge in [-0.2, -0.15) is 5.26 Å². The molecule has 2 aromatic rings. The molecule has 0 fully saturated rings. The third-order valence-electron chi connectivity index (χ3n) is 3.96. The van der Waals surface area contributed by atoms with Gasteiger partial charge in [-0.05, 0) is 24.3 Å². The number of nitrogens with one attached hydrogen (secondary N) is 1. The summed E-state index contributed by atoms with van der Waals surface area (Å²) in [4.78, 5) is 23.8. The normalized spacial score (nSPS) is 18.5. The molecule has 0 aromatic heterocycles. The molecule has 0 radical (unpaired) electrons. The molecule has 0 aliphatic carbocycles. The minimum atomic E-state index is -1.48. The van der Waals surface area contributed by atoms with Crippen LogP contribution in [0.5, 0.6) is 5.75 Å². The second-order valence-corrected chi connectivity index (χ2v) is 6.10. The van der Waals surface area contributed by atoms with E-state index < -0.39 is 24.3 Å². The first-order chi connectivity index (χ1) is 12.9. The Morgan fingerprint density at radius 3 is 2.74 bits per heavy atom. The van der Waals surface area contributed by atoms with Crippen molar-refractivity contribution < 1.29 is 23.8 Å². The van der Waals surface area contributed by atoms with Gasteiger partial charge in [0.1, 0.15) is 11.9 Å². The topological polar surface area (TPSA) is 97.7 Å². The van der Waals surface area contributed by atoms with Crippen molar-refractivity contribution in [1.82, 2.24) is 0 Å². The van der Waals surface area contributed by atoms with Crippen LogP contribution < -0.4 is 10.1 Å². The Labute approximate surface area is 160 Å². The number of amides is 1. The van der Waals surface area contributed by atoms with E-state index in [0.29, 0.717) is 28.1 Å². The van der Waals surface area contributed by atoms with E-state index in [9.17, 15) is 14.9 Å². The number of carbonyl (C=O) groups is 2. The molecule has 0 spiro atoms. The molecule has 7 nitrogen and oxygen atoms in total. The number of carbonyl (C=O) groups excluding carboxylic acids is 2. The number of hydrogen-bond donors (Lipinski definition) is 1. The maximum absolute atomic E-state index is 12.4. The molecule has 1 N–H and O–H groups in total. The third-order valence-corrected chi connectivity index (χ3v) is 4.37. The number of nitrogens with zero attached hydrogens (tertiary/aromatic N) is 1. The Kier molecular flexibility index (Phi) is 5.31. The standard InChI is InChI=1S/C19H15ClN2O5/c1-10(23)26-19-18(24)22-14-7-6-11(9-21)8-13(14)17(27-19)12-4-3-5-15(25-2)16(12)20/h3-8,17,19H,1-2H3,(H,22,24). The maximum atomic E-state index is 12.4. The van der Waals surface area contributed by atoms with Crippen LogP contribution in [0.2, 0.25) is 5.02 Å². The van der Waals surface area contributed by atoms with Crippen molar-refractivity contribution in [1.29, 1.82) is 5.26 Å². The molecule has 2 atom stereocenters. The smallest absolute Gasteiger partial charge is 0.305 e. The van der Waals surface area contributed by atoms with Gasteiger partial charge in [0.25, 0.3) is 12.2 Å². The Morgan fingerprint density at radius 2 is 2.07 bits per heavy atom. The number of benzene rings is 2. The van der Waals surface area contributed by atoms with E-state index in [-0.39, 0.29) is 5.02 Å². The summed E-state index contributed by atoms with van der Waals surface area (Å²) in [5.74, 6) is -0.893. The van der Waals surface area contributed by atoms with Crippen LogP contribution in [-0.4, -0.2) is 25.3 Å². The highest BCUT2D eigenvalue weighted by molar-refractivity contribution is 6.33. The van der Waals surface area contributed by atoms with E-state index in [1.54, 1.807) is 36.4 Å². The Bertz CT molecular complexity index is 954. The van der Waals surface area contributed by atoms with Gasteiger partial charge in [-0.15, -0.1) is 0 Å². The Hall–Kier alpha value is -3.08. The monoisotopic (exact) mass is 386 g/mol. The van der Waals surface area contributed by atoms with Crippen LogP contribution in [0, 0.1) is 11.3 Å². The SMILES string of the molecule is COc1cccc(C2OC(OC(C)=O)C(=O)Nc3ccc(C#N)cc32)c1Cl. The fourth-order valence-electron chi connectivity index (χ4n) is 2.77. The predicted octanol–water partition coefficient (Wildman–Crippen LogP) is 3.17. The molecular weight excluding hydrogens is 372 g/mol. The van der Waals surface area contributed by atoms with Gasteiger partial charge in [0.05, 0.1) is 23.8 Å². The highest BCUT2D eigenvalue weighted by Gasteiger charge is 2.35. The molecule has 1 heterocycles. The summed E-state index contributed by atoms with van der Waals surface area (Å²) < 4.78 is 16.1. The van der Waals surface area contributed by atoms with Gasteiger partial charge in [-0.3, -0.25) is 9.59 Å². The second kappa shape index (κ2) is 7.66. The average Bonchev–Trinajstić information content (AvgIpc) is 2.78. The first-order valence-corrected chi connectivity index (χ1v) is 8.32. The molecule has 0 bridgehead atoms. The number of ether oxygens (including phenoxy) is 3. The van der Waals surface area contributed by atoms with E-state index in [0.717, 1.165) is 0 Å². The molecule has 8 heteroatoms. The summed E-state index contributed by atoms with van der Waals surface area (Å²) in [5.41, 5.74) is 1.81. The van der Waals surface area contributed by atoms with Crippen molar-refractivity contribution in [2.45, 2.75) is 19.3 Å². The molecule has 2 unspecified atom stereocenters. The first-order valence-electron chi connectivity index (χ1n) is 7.94. The van der Waals surface area contributed by atoms with Crippen molar-refractivity contribution in [3.8, 4) is 11.8 Å². The summed E-state index contributed by atoms with van der Waals surface area (Å²) in [6, 6.07) is 11.9. The number of methoxy groups -OCH3 is 1. The number of nitriles is 1. The van der Waals surface area contributed by atoms with E-state index >= 15 is 0 Å². The minimum absolute atomic E-state index is 0.286. The summed E-state index contributed by atoms with van der Waals surface area (Å²) in [6.07, 6.45) is -2.35. The molecule has 1 amide bonds.